The predicted octanol–water partition coefficient (Wildman–Crippen LogP) is 3.69. The van der Waals surface area contributed by atoms with Gasteiger partial charge in [0.15, 0.2) is 11.5 Å². The molecule has 3 rings (SSSR count). The lowest BCUT2D eigenvalue weighted by Crippen LogP contribution is -2.17. The Morgan fingerprint density at radius 1 is 0.833 bits per heavy atom. The summed E-state index contributed by atoms with van der Waals surface area (Å²) in [6.45, 7) is 0. The average molecular weight is 404 g/mol. The quantitative estimate of drug-likeness (QED) is 0.281. The van der Waals surface area contributed by atoms with Crippen LogP contribution in [0.3, 0.4) is 0 Å². The molecule has 0 aromatic heterocycles. The Morgan fingerprint density at radius 3 is 2.20 bits per heavy atom. The molecule has 0 aliphatic heterocycles. The standard InChI is InChI=1S/C23H20N2O5/c1-28-20-13-10-18(14-21(20)29-2)22(26)25-24-15-16-8-11-19(12-9-16)30-23(27)17-6-4-3-5-7-17/h3-15H,1-2H3,(H,25,26)/b24-15-. The molecule has 0 fully saturated rings. The van der Waals surface area contributed by atoms with Gasteiger partial charge in [-0.15, -0.1) is 0 Å². The third-order valence-corrected chi connectivity index (χ3v) is 4.13. The van der Waals surface area contributed by atoms with E-state index in [4.69, 9.17) is 14.2 Å². The molecule has 3 aromatic carbocycles. The van der Waals surface area contributed by atoms with Crippen LogP contribution in [-0.4, -0.2) is 32.3 Å². The van der Waals surface area contributed by atoms with Gasteiger partial charge in [-0.05, 0) is 60.2 Å². The van der Waals surface area contributed by atoms with Crippen molar-refractivity contribution >= 4 is 18.1 Å². The molecule has 0 heterocycles. The van der Waals surface area contributed by atoms with Crippen LogP contribution in [0.5, 0.6) is 17.2 Å². The number of nitrogens with zero attached hydrogens (tertiary/aromatic N) is 1. The first-order valence-corrected chi connectivity index (χ1v) is 9.03. The number of hydrogen-bond donors (Lipinski definition) is 1. The zero-order valence-electron chi connectivity index (χ0n) is 16.5. The van der Waals surface area contributed by atoms with E-state index in [-0.39, 0.29) is 5.91 Å². The Balaban J connectivity index is 1.57. The number of rotatable bonds is 7. The highest BCUT2D eigenvalue weighted by atomic mass is 16.5. The maximum Gasteiger partial charge on any atom is 0.343 e. The van der Waals surface area contributed by atoms with Gasteiger partial charge < -0.3 is 14.2 Å². The van der Waals surface area contributed by atoms with Gasteiger partial charge in [0.1, 0.15) is 5.75 Å². The molecular weight excluding hydrogens is 384 g/mol. The van der Waals surface area contributed by atoms with Crippen molar-refractivity contribution in [2.75, 3.05) is 14.2 Å². The zero-order valence-corrected chi connectivity index (χ0v) is 16.5. The van der Waals surface area contributed by atoms with Gasteiger partial charge in [-0.1, -0.05) is 18.2 Å². The Labute approximate surface area is 173 Å². The fraction of sp³-hybridized carbons (Fsp3) is 0.0870. The van der Waals surface area contributed by atoms with E-state index in [1.54, 1.807) is 66.7 Å². The van der Waals surface area contributed by atoms with Gasteiger partial charge in [-0.25, -0.2) is 10.2 Å². The molecule has 0 saturated carbocycles. The molecule has 0 bridgehead atoms. The largest absolute Gasteiger partial charge is 0.493 e. The summed E-state index contributed by atoms with van der Waals surface area (Å²) in [6, 6.07) is 20.3. The number of benzene rings is 3. The van der Waals surface area contributed by atoms with Crippen LogP contribution >= 0.6 is 0 Å². The number of nitrogens with one attached hydrogen (secondary N) is 1. The Bertz CT molecular complexity index is 1050. The molecule has 1 amide bonds. The lowest BCUT2D eigenvalue weighted by Gasteiger charge is -2.08. The minimum absolute atomic E-state index is 0.382. The van der Waals surface area contributed by atoms with Crippen molar-refractivity contribution in [3.05, 3.63) is 89.5 Å². The summed E-state index contributed by atoms with van der Waals surface area (Å²) in [6.07, 6.45) is 1.49. The van der Waals surface area contributed by atoms with Crippen LogP contribution in [0, 0.1) is 0 Å². The van der Waals surface area contributed by atoms with Gasteiger partial charge in [-0.2, -0.15) is 5.10 Å². The van der Waals surface area contributed by atoms with Crippen LogP contribution in [0.15, 0.2) is 77.9 Å². The number of hydrogen-bond acceptors (Lipinski definition) is 6. The summed E-state index contributed by atoms with van der Waals surface area (Å²) < 4.78 is 15.7. The van der Waals surface area contributed by atoms with Crippen LogP contribution < -0.4 is 19.6 Å². The zero-order chi connectivity index (χ0) is 21.3. The lowest BCUT2D eigenvalue weighted by atomic mass is 10.2. The van der Waals surface area contributed by atoms with Crippen LogP contribution in [0.2, 0.25) is 0 Å². The molecule has 0 aliphatic carbocycles. The molecule has 30 heavy (non-hydrogen) atoms. The minimum Gasteiger partial charge on any atom is -0.493 e. The van der Waals surface area contributed by atoms with Crippen LogP contribution in [0.25, 0.3) is 0 Å². The molecular formula is C23H20N2O5. The van der Waals surface area contributed by atoms with Gasteiger partial charge in [-0.3, -0.25) is 4.79 Å². The van der Waals surface area contributed by atoms with Crippen molar-refractivity contribution in [3.63, 3.8) is 0 Å². The Morgan fingerprint density at radius 2 is 1.53 bits per heavy atom. The van der Waals surface area contributed by atoms with Crippen LogP contribution in [-0.2, 0) is 0 Å². The van der Waals surface area contributed by atoms with E-state index in [9.17, 15) is 9.59 Å². The molecule has 152 valence electrons. The van der Waals surface area contributed by atoms with Crippen molar-refractivity contribution in [3.8, 4) is 17.2 Å². The Hall–Kier alpha value is -4.13. The van der Waals surface area contributed by atoms with Crippen molar-refractivity contribution in [2.45, 2.75) is 0 Å². The molecule has 0 saturated heterocycles. The first-order chi connectivity index (χ1) is 14.6. The maximum absolute atomic E-state index is 12.2. The van der Waals surface area contributed by atoms with Crippen LogP contribution in [0.1, 0.15) is 26.3 Å². The molecule has 0 aliphatic rings. The normalized spacial score (nSPS) is 10.5. The summed E-state index contributed by atoms with van der Waals surface area (Å²) in [5.74, 6) is 0.579. The van der Waals surface area contributed by atoms with Crippen molar-refractivity contribution < 1.29 is 23.8 Å². The predicted molar refractivity (Wildman–Crippen MR) is 112 cm³/mol. The second kappa shape index (κ2) is 9.88. The molecule has 0 atom stereocenters. The van der Waals surface area contributed by atoms with E-state index in [1.165, 1.54) is 20.4 Å². The summed E-state index contributed by atoms with van der Waals surface area (Å²) in [5, 5.41) is 3.95. The molecule has 7 nitrogen and oxygen atoms in total. The monoisotopic (exact) mass is 404 g/mol. The summed E-state index contributed by atoms with van der Waals surface area (Å²) >= 11 is 0. The van der Waals surface area contributed by atoms with E-state index in [0.29, 0.717) is 28.4 Å². The minimum atomic E-state index is -0.431. The highest BCUT2D eigenvalue weighted by molar-refractivity contribution is 5.95. The van der Waals surface area contributed by atoms with Gasteiger partial charge in [0.25, 0.3) is 5.91 Å². The smallest absolute Gasteiger partial charge is 0.343 e. The van der Waals surface area contributed by atoms with Gasteiger partial charge in [0.2, 0.25) is 0 Å². The van der Waals surface area contributed by atoms with Gasteiger partial charge in [0, 0.05) is 5.56 Å². The molecule has 0 unspecified atom stereocenters. The molecule has 7 heteroatoms. The third kappa shape index (κ3) is 5.23. The number of ether oxygens (including phenoxy) is 3. The number of esters is 1. The first-order valence-electron chi connectivity index (χ1n) is 9.03. The highest BCUT2D eigenvalue weighted by Crippen LogP contribution is 2.27. The van der Waals surface area contributed by atoms with E-state index in [2.05, 4.69) is 10.5 Å². The lowest BCUT2D eigenvalue weighted by molar-refractivity contribution is 0.0734. The molecule has 1 N–H and O–H groups in total. The number of carbonyl (C=O) groups is 2. The fourth-order valence-electron chi connectivity index (χ4n) is 2.57. The number of carbonyl (C=O) groups excluding carboxylic acids is 2. The van der Waals surface area contributed by atoms with Crippen molar-refractivity contribution in [1.82, 2.24) is 5.43 Å². The SMILES string of the molecule is COc1ccc(C(=O)N/N=C\c2ccc(OC(=O)c3ccccc3)cc2)cc1OC. The second-order valence-corrected chi connectivity index (χ2v) is 6.09. The van der Waals surface area contributed by atoms with Gasteiger partial charge in [0.05, 0.1) is 26.0 Å². The van der Waals surface area contributed by atoms with E-state index < -0.39 is 5.97 Å². The van der Waals surface area contributed by atoms with E-state index >= 15 is 0 Å². The number of amides is 1. The highest BCUT2D eigenvalue weighted by Gasteiger charge is 2.10. The Kier molecular flexibility index (Phi) is 6.78. The fourth-order valence-corrected chi connectivity index (χ4v) is 2.57. The van der Waals surface area contributed by atoms with Crippen LogP contribution in [0.4, 0.5) is 0 Å². The molecule has 0 spiro atoms. The van der Waals surface area contributed by atoms with E-state index in [0.717, 1.165) is 5.56 Å². The summed E-state index contributed by atoms with van der Waals surface area (Å²) in [4.78, 5) is 24.3. The van der Waals surface area contributed by atoms with E-state index in [1.807, 2.05) is 6.07 Å². The maximum atomic E-state index is 12.2. The number of methoxy groups -OCH3 is 2. The third-order valence-electron chi connectivity index (χ3n) is 4.13. The summed E-state index contributed by atoms with van der Waals surface area (Å²) in [7, 11) is 3.02. The number of hydrazone groups is 1. The van der Waals surface area contributed by atoms with Crippen molar-refractivity contribution in [1.29, 1.82) is 0 Å². The van der Waals surface area contributed by atoms with Gasteiger partial charge >= 0.3 is 5.97 Å². The molecule has 3 aromatic rings. The summed E-state index contributed by atoms with van der Waals surface area (Å²) in [5.41, 5.74) is 4.03. The molecule has 0 radical (unpaired) electrons. The van der Waals surface area contributed by atoms with Crippen molar-refractivity contribution in [2.24, 2.45) is 5.10 Å². The second-order valence-electron chi connectivity index (χ2n) is 6.09. The first kappa shape index (κ1) is 20.6. The topological polar surface area (TPSA) is 86.2 Å². The average Bonchev–Trinajstić information content (AvgIpc) is 2.80.